The molecule has 0 spiro atoms. The zero-order valence-corrected chi connectivity index (χ0v) is 10.7. The van der Waals surface area contributed by atoms with Crippen LogP contribution in [-0.4, -0.2) is 11.6 Å². The van der Waals surface area contributed by atoms with E-state index in [1.807, 2.05) is 0 Å². The monoisotopic (exact) mass is 247 g/mol. The Morgan fingerprint density at radius 1 is 1.33 bits per heavy atom. The van der Waals surface area contributed by atoms with E-state index in [0.717, 1.165) is 17.9 Å². The van der Waals surface area contributed by atoms with E-state index in [4.69, 9.17) is 16.3 Å². The van der Waals surface area contributed by atoms with Crippen molar-refractivity contribution in [3.8, 4) is 0 Å². The molecule has 0 unspecified atom stereocenters. The van der Waals surface area contributed by atoms with Gasteiger partial charge in [-0.2, -0.15) is 0 Å². The highest BCUT2D eigenvalue weighted by Gasteiger charge is 1.98. The largest absolute Gasteiger partial charge is 0.376 e. The van der Waals surface area contributed by atoms with Crippen molar-refractivity contribution in [3.05, 3.63) is 15.5 Å². The molecule has 0 saturated heterocycles. The standard InChI is InChI=1S/C11H18ClNOS/c1-2-3-4-5-6-7-14-9-10-8-13-11(12)15-10/h8H,2-7,9H2,1H3. The summed E-state index contributed by atoms with van der Waals surface area (Å²) in [6, 6.07) is 0. The predicted octanol–water partition coefficient (Wildman–Crippen LogP) is 4.28. The molecule has 0 fully saturated rings. The number of rotatable bonds is 8. The molecule has 15 heavy (non-hydrogen) atoms. The van der Waals surface area contributed by atoms with Gasteiger partial charge in [-0.3, -0.25) is 0 Å². The minimum atomic E-state index is 0.594. The van der Waals surface area contributed by atoms with Crippen molar-refractivity contribution >= 4 is 22.9 Å². The normalized spacial score (nSPS) is 10.8. The Balaban J connectivity index is 1.93. The number of nitrogens with zero attached hydrogens (tertiary/aromatic N) is 1. The average molecular weight is 248 g/mol. The highest BCUT2D eigenvalue weighted by molar-refractivity contribution is 7.15. The average Bonchev–Trinajstić information content (AvgIpc) is 2.63. The van der Waals surface area contributed by atoms with Gasteiger partial charge in [0.2, 0.25) is 0 Å². The van der Waals surface area contributed by atoms with E-state index in [9.17, 15) is 0 Å². The van der Waals surface area contributed by atoms with E-state index < -0.39 is 0 Å². The van der Waals surface area contributed by atoms with Crippen LogP contribution in [0.1, 0.15) is 43.9 Å². The topological polar surface area (TPSA) is 22.1 Å². The summed E-state index contributed by atoms with van der Waals surface area (Å²) in [4.78, 5) is 5.07. The number of halogens is 1. The Morgan fingerprint density at radius 2 is 2.13 bits per heavy atom. The van der Waals surface area contributed by atoms with Gasteiger partial charge in [0.25, 0.3) is 0 Å². The van der Waals surface area contributed by atoms with Crippen LogP contribution in [0.25, 0.3) is 0 Å². The van der Waals surface area contributed by atoms with Gasteiger partial charge in [0.1, 0.15) is 0 Å². The second-order valence-corrected chi connectivity index (χ2v) is 5.24. The van der Waals surface area contributed by atoms with Gasteiger partial charge < -0.3 is 4.74 Å². The predicted molar refractivity (Wildman–Crippen MR) is 65.5 cm³/mol. The summed E-state index contributed by atoms with van der Waals surface area (Å²) in [5.74, 6) is 0. The number of hydrogen-bond donors (Lipinski definition) is 0. The molecule has 0 aliphatic carbocycles. The Kier molecular flexibility index (Phi) is 6.98. The number of hydrogen-bond acceptors (Lipinski definition) is 3. The summed E-state index contributed by atoms with van der Waals surface area (Å²) in [5, 5.41) is 0. The SMILES string of the molecule is CCCCCCCOCc1cnc(Cl)s1. The molecule has 0 aromatic carbocycles. The maximum Gasteiger partial charge on any atom is 0.183 e. The maximum atomic E-state index is 5.71. The molecule has 1 heterocycles. The highest BCUT2D eigenvalue weighted by atomic mass is 35.5. The van der Waals surface area contributed by atoms with Crippen molar-refractivity contribution in [2.75, 3.05) is 6.61 Å². The van der Waals surface area contributed by atoms with Crippen LogP contribution in [0.15, 0.2) is 6.20 Å². The molecule has 4 heteroatoms. The third kappa shape index (κ3) is 6.13. The third-order valence-corrected chi connectivity index (χ3v) is 3.25. The quantitative estimate of drug-likeness (QED) is 0.640. The molecule has 0 amide bonds. The van der Waals surface area contributed by atoms with Crippen molar-refractivity contribution in [1.82, 2.24) is 4.98 Å². The summed E-state index contributed by atoms with van der Waals surface area (Å²) in [6.45, 7) is 3.72. The molecule has 1 aromatic heterocycles. The molecule has 0 saturated carbocycles. The summed E-state index contributed by atoms with van der Waals surface area (Å²) in [6.07, 6.45) is 8.17. The zero-order valence-electron chi connectivity index (χ0n) is 9.17. The first kappa shape index (κ1) is 12.9. The van der Waals surface area contributed by atoms with Crippen LogP contribution in [0.2, 0.25) is 4.47 Å². The first-order chi connectivity index (χ1) is 7.33. The first-order valence-electron chi connectivity index (χ1n) is 5.51. The summed E-state index contributed by atoms with van der Waals surface area (Å²) >= 11 is 7.20. The van der Waals surface area contributed by atoms with E-state index in [1.54, 1.807) is 6.20 Å². The van der Waals surface area contributed by atoms with Crippen LogP contribution in [0, 0.1) is 0 Å². The smallest absolute Gasteiger partial charge is 0.183 e. The lowest BCUT2D eigenvalue weighted by Crippen LogP contribution is -1.93. The molecule has 1 aromatic rings. The fraction of sp³-hybridized carbons (Fsp3) is 0.727. The van der Waals surface area contributed by atoms with Gasteiger partial charge in [-0.1, -0.05) is 44.2 Å². The first-order valence-corrected chi connectivity index (χ1v) is 6.70. The minimum absolute atomic E-state index is 0.594. The van der Waals surface area contributed by atoms with Crippen molar-refractivity contribution < 1.29 is 4.74 Å². The molecule has 0 radical (unpaired) electrons. The molecule has 0 N–H and O–H groups in total. The Labute approximate surface area is 101 Å². The molecule has 86 valence electrons. The number of unbranched alkanes of at least 4 members (excludes halogenated alkanes) is 4. The highest BCUT2D eigenvalue weighted by Crippen LogP contribution is 2.18. The van der Waals surface area contributed by atoms with Crippen LogP contribution in [0.4, 0.5) is 0 Å². The van der Waals surface area contributed by atoms with E-state index in [-0.39, 0.29) is 0 Å². The lowest BCUT2D eigenvalue weighted by molar-refractivity contribution is 0.118. The van der Waals surface area contributed by atoms with Gasteiger partial charge in [0, 0.05) is 12.8 Å². The lowest BCUT2D eigenvalue weighted by Gasteiger charge is -2.01. The van der Waals surface area contributed by atoms with Crippen molar-refractivity contribution in [2.24, 2.45) is 0 Å². The van der Waals surface area contributed by atoms with E-state index in [2.05, 4.69) is 11.9 Å². The number of thiazole rings is 1. The fourth-order valence-corrected chi connectivity index (χ4v) is 2.25. The summed E-state index contributed by atoms with van der Waals surface area (Å²) < 4.78 is 6.12. The zero-order chi connectivity index (χ0) is 10.9. The van der Waals surface area contributed by atoms with Crippen molar-refractivity contribution in [2.45, 2.75) is 45.6 Å². The van der Waals surface area contributed by atoms with Crippen LogP contribution in [0.3, 0.4) is 0 Å². The van der Waals surface area contributed by atoms with Crippen molar-refractivity contribution in [1.29, 1.82) is 0 Å². The van der Waals surface area contributed by atoms with Gasteiger partial charge in [-0.05, 0) is 6.42 Å². The second-order valence-electron chi connectivity index (χ2n) is 3.55. The van der Waals surface area contributed by atoms with E-state index >= 15 is 0 Å². The minimum Gasteiger partial charge on any atom is -0.376 e. The molecule has 2 nitrogen and oxygen atoms in total. The van der Waals surface area contributed by atoms with Gasteiger partial charge in [-0.25, -0.2) is 4.98 Å². The van der Waals surface area contributed by atoms with E-state index in [1.165, 1.54) is 37.0 Å². The van der Waals surface area contributed by atoms with Crippen LogP contribution in [-0.2, 0) is 11.3 Å². The molecule has 0 bridgehead atoms. The van der Waals surface area contributed by atoms with Gasteiger partial charge in [0.05, 0.1) is 11.5 Å². The second kappa shape index (κ2) is 8.08. The Morgan fingerprint density at radius 3 is 2.80 bits per heavy atom. The Hall–Kier alpha value is -0.120. The number of ether oxygens (including phenoxy) is 1. The third-order valence-electron chi connectivity index (χ3n) is 2.16. The van der Waals surface area contributed by atoms with Gasteiger partial charge >= 0.3 is 0 Å². The van der Waals surface area contributed by atoms with Gasteiger partial charge in [-0.15, -0.1) is 11.3 Å². The maximum absolute atomic E-state index is 5.71. The fourth-order valence-electron chi connectivity index (χ4n) is 1.33. The van der Waals surface area contributed by atoms with Crippen LogP contribution in [0.5, 0.6) is 0 Å². The van der Waals surface area contributed by atoms with Crippen LogP contribution < -0.4 is 0 Å². The van der Waals surface area contributed by atoms with Crippen molar-refractivity contribution in [3.63, 3.8) is 0 Å². The molecule has 1 rings (SSSR count). The molecular formula is C11H18ClNOS. The Bertz CT molecular complexity index is 265. The molecule has 0 atom stereocenters. The van der Waals surface area contributed by atoms with Gasteiger partial charge in [0.15, 0.2) is 4.47 Å². The summed E-state index contributed by atoms with van der Waals surface area (Å²) in [7, 11) is 0. The molecular weight excluding hydrogens is 230 g/mol. The molecule has 0 aliphatic heterocycles. The lowest BCUT2D eigenvalue weighted by atomic mass is 10.2. The van der Waals surface area contributed by atoms with E-state index in [0.29, 0.717) is 11.1 Å². The summed E-state index contributed by atoms with van der Waals surface area (Å²) in [5.41, 5.74) is 0. The van der Waals surface area contributed by atoms with Crippen LogP contribution >= 0.6 is 22.9 Å². The number of aromatic nitrogens is 1. The molecule has 0 aliphatic rings.